The molecule has 1 heterocycles. The molecule has 1 N–H and O–H groups in total. The van der Waals surface area contributed by atoms with Gasteiger partial charge >= 0.3 is 0 Å². The Labute approximate surface area is 117 Å². The minimum atomic E-state index is -0.565. The van der Waals surface area contributed by atoms with E-state index < -0.39 is 11.6 Å². The Hall–Kier alpha value is -1.75. The maximum absolute atomic E-state index is 13.4. The number of nitrogens with zero attached hydrogens (tertiary/aromatic N) is 2. The monoisotopic (exact) mass is 279 g/mol. The van der Waals surface area contributed by atoms with Crippen molar-refractivity contribution >= 4 is 0 Å². The normalized spacial score (nSPS) is 12.7. The van der Waals surface area contributed by atoms with Crippen LogP contribution >= 0.6 is 0 Å². The van der Waals surface area contributed by atoms with E-state index in [1.165, 1.54) is 12.1 Å². The molecule has 0 bridgehead atoms. The number of benzene rings is 1. The van der Waals surface area contributed by atoms with E-state index in [-0.39, 0.29) is 6.04 Å². The summed E-state index contributed by atoms with van der Waals surface area (Å²) in [6.45, 7) is 4.75. The van der Waals surface area contributed by atoms with E-state index in [1.54, 1.807) is 10.9 Å². The lowest BCUT2D eigenvalue weighted by molar-refractivity contribution is 0.557. The molecular formula is C15H19F2N3. The van der Waals surface area contributed by atoms with Gasteiger partial charge in [0.1, 0.15) is 11.6 Å². The summed E-state index contributed by atoms with van der Waals surface area (Å²) in [5, 5.41) is 7.53. The van der Waals surface area contributed by atoms with Crippen molar-refractivity contribution < 1.29 is 8.78 Å². The first-order chi connectivity index (χ1) is 9.52. The van der Waals surface area contributed by atoms with Crippen molar-refractivity contribution in [3.8, 4) is 0 Å². The molecule has 2 aromatic rings. The molecule has 5 heteroatoms. The first-order valence-electron chi connectivity index (χ1n) is 6.70. The molecule has 0 fully saturated rings. The number of hydrogen-bond donors (Lipinski definition) is 1. The minimum Gasteiger partial charge on any atom is -0.306 e. The van der Waals surface area contributed by atoms with Crippen molar-refractivity contribution in [2.75, 3.05) is 6.54 Å². The van der Waals surface area contributed by atoms with Crippen molar-refractivity contribution in [3.63, 3.8) is 0 Å². The van der Waals surface area contributed by atoms with Crippen molar-refractivity contribution in [3.05, 3.63) is 52.9 Å². The summed E-state index contributed by atoms with van der Waals surface area (Å²) in [6, 6.07) is 3.36. The van der Waals surface area contributed by atoms with Gasteiger partial charge in [0.2, 0.25) is 0 Å². The summed E-state index contributed by atoms with van der Waals surface area (Å²) in [4.78, 5) is 0. The van der Waals surface area contributed by atoms with E-state index in [2.05, 4.69) is 10.4 Å². The van der Waals surface area contributed by atoms with Gasteiger partial charge in [0.15, 0.2) is 0 Å². The fourth-order valence-corrected chi connectivity index (χ4v) is 2.24. The van der Waals surface area contributed by atoms with Gasteiger partial charge in [0, 0.05) is 24.4 Å². The molecule has 108 valence electrons. The summed E-state index contributed by atoms with van der Waals surface area (Å²) >= 11 is 0. The van der Waals surface area contributed by atoms with Crippen LogP contribution < -0.4 is 5.32 Å². The van der Waals surface area contributed by atoms with Gasteiger partial charge in [-0.3, -0.25) is 4.68 Å². The number of aromatic nitrogens is 2. The predicted octanol–water partition coefficient (Wildman–Crippen LogP) is 3.10. The molecular weight excluding hydrogens is 260 g/mol. The van der Waals surface area contributed by atoms with Crippen molar-refractivity contribution in [1.29, 1.82) is 0 Å². The fourth-order valence-electron chi connectivity index (χ4n) is 2.24. The zero-order chi connectivity index (χ0) is 14.7. The van der Waals surface area contributed by atoms with Gasteiger partial charge in [-0.05, 0) is 37.6 Å². The predicted molar refractivity (Wildman–Crippen MR) is 74.4 cm³/mol. The van der Waals surface area contributed by atoms with E-state index in [9.17, 15) is 8.78 Å². The number of hydrogen-bond acceptors (Lipinski definition) is 2. The number of halogens is 2. The smallest absolute Gasteiger partial charge is 0.126 e. The maximum atomic E-state index is 13.4. The third-order valence-electron chi connectivity index (χ3n) is 3.40. The molecule has 20 heavy (non-hydrogen) atoms. The molecule has 1 aromatic carbocycles. The van der Waals surface area contributed by atoms with Crippen molar-refractivity contribution in [2.45, 2.75) is 26.3 Å². The summed E-state index contributed by atoms with van der Waals surface area (Å²) in [6.07, 6.45) is 2.68. The fraction of sp³-hybridized carbons (Fsp3) is 0.400. The Morgan fingerprint density at radius 2 is 1.90 bits per heavy atom. The maximum Gasteiger partial charge on any atom is 0.126 e. The first-order valence-corrected chi connectivity index (χ1v) is 6.70. The van der Waals surface area contributed by atoms with Crippen LogP contribution in [0, 0.1) is 18.6 Å². The molecule has 0 radical (unpaired) electrons. The van der Waals surface area contributed by atoms with E-state index in [0.29, 0.717) is 5.56 Å². The SMILES string of the molecule is CCCNC(c1cc(F)cc(F)c1)c1cnn(C)c1C. The Morgan fingerprint density at radius 3 is 2.40 bits per heavy atom. The largest absolute Gasteiger partial charge is 0.306 e. The van der Waals surface area contributed by atoms with E-state index in [0.717, 1.165) is 30.3 Å². The van der Waals surface area contributed by atoms with Crippen LogP contribution in [0.5, 0.6) is 0 Å². The molecule has 0 spiro atoms. The van der Waals surface area contributed by atoms with Crippen LogP contribution in [0.4, 0.5) is 8.78 Å². The van der Waals surface area contributed by atoms with Gasteiger partial charge in [0.05, 0.1) is 12.2 Å². The average molecular weight is 279 g/mol. The number of aryl methyl sites for hydroxylation is 1. The van der Waals surface area contributed by atoms with Gasteiger partial charge in [-0.25, -0.2) is 8.78 Å². The topological polar surface area (TPSA) is 29.9 Å². The molecule has 0 saturated heterocycles. The summed E-state index contributed by atoms with van der Waals surface area (Å²) in [5.41, 5.74) is 2.49. The summed E-state index contributed by atoms with van der Waals surface area (Å²) in [5.74, 6) is -1.13. The third-order valence-corrected chi connectivity index (χ3v) is 3.40. The average Bonchev–Trinajstić information content (AvgIpc) is 2.70. The van der Waals surface area contributed by atoms with Crippen molar-refractivity contribution in [2.24, 2.45) is 7.05 Å². The Morgan fingerprint density at radius 1 is 1.25 bits per heavy atom. The molecule has 0 amide bonds. The van der Waals surface area contributed by atoms with Gasteiger partial charge in [0.25, 0.3) is 0 Å². The molecule has 0 aliphatic heterocycles. The molecule has 0 saturated carbocycles. The number of rotatable bonds is 5. The van der Waals surface area contributed by atoms with Gasteiger partial charge in [-0.15, -0.1) is 0 Å². The lowest BCUT2D eigenvalue weighted by atomic mass is 9.99. The van der Waals surface area contributed by atoms with Crippen LogP contribution in [0.15, 0.2) is 24.4 Å². The second-order valence-corrected chi connectivity index (χ2v) is 4.90. The molecule has 1 aromatic heterocycles. The van der Waals surface area contributed by atoms with Gasteiger partial charge < -0.3 is 5.32 Å². The van der Waals surface area contributed by atoms with E-state index in [4.69, 9.17) is 0 Å². The van der Waals surface area contributed by atoms with Gasteiger partial charge in [-0.2, -0.15) is 5.10 Å². The van der Waals surface area contributed by atoms with Crippen LogP contribution in [0.1, 0.15) is 36.2 Å². The highest BCUT2D eigenvalue weighted by atomic mass is 19.1. The molecule has 3 nitrogen and oxygen atoms in total. The minimum absolute atomic E-state index is 0.256. The molecule has 2 rings (SSSR count). The zero-order valence-corrected chi connectivity index (χ0v) is 12.0. The van der Waals surface area contributed by atoms with Crippen LogP contribution in [0.3, 0.4) is 0 Å². The second-order valence-electron chi connectivity index (χ2n) is 4.90. The molecule has 0 aliphatic carbocycles. The van der Waals surface area contributed by atoms with Gasteiger partial charge in [-0.1, -0.05) is 6.92 Å². The van der Waals surface area contributed by atoms with Crippen LogP contribution in [0.25, 0.3) is 0 Å². The molecule has 1 unspecified atom stereocenters. The Balaban J connectivity index is 2.44. The van der Waals surface area contributed by atoms with E-state index in [1.807, 2.05) is 20.9 Å². The molecule has 1 atom stereocenters. The third kappa shape index (κ3) is 3.04. The second kappa shape index (κ2) is 6.13. The quantitative estimate of drug-likeness (QED) is 0.911. The highest BCUT2D eigenvalue weighted by Crippen LogP contribution is 2.25. The van der Waals surface area contributed by atoms with Crippen LogP contribution in [-0.2, 0) is 7.05 Å². The molecule has 0 aliphatic rings. The standard InChI is InChI=1S/C15H19F2N3/c1-4-5-18-15(14-9-19-20(3)10(14)2)11-6-12(16)8-13(17)7-11/h6-9,15,18H,4-5H2,1-3H3. The van der Waals surface area contributed by atoms with Crippen molar-refractivity contribution in [1.82, 2.24) is 15.1 Å². The first kappa shape index (κ1) is 14.7. The van der Waals surface area contributed by atoms with Crippen LogP contribution in [0.2, 0.25) is 0 Å². The highest BCUT2D eigenvalue weighted by Gasteiger charge is 2.19. The lowest BCUT2D eigenvalue weighted by Gasteiger charge is -2.19. The zero-order valence-electron chi connectivity index (χ0n) is 12.0. The Kier molecular flexibility index (Phi) is 4.49. The number of nitrogens with one attached hydrogen (secondary N) is 1. The summed E-state index contributed by atoms with van der Waals surface area (Å²) in [7, 11) is 1.85. The summed E-state index contributed by atoms with van der Waals surface area (Å²) < 4.78 is 28.6. The lowest BCUT2D eigenvalue weighted by Crippen LogP contribution is -2.24. The van der Waals surface area contributed by atoms with E-state index >= 15 is 0 Å². The Bertz CT molecular complexity index is 573. The highest BCUT2D eigenvalue weighted by molar-refractivity contribution is 5.33. The van der Waals surface area contributed by atoms with Crippen LogP contribution in [-0.4, -0.2) is 16.3 Å².